The van der Waals surface area contributed by atoms with Crippen LogP contribution in [0, 0.1) is 6.92 Å². The van der Waals surface area contributed by atoms with Crippen molar-refractivity contribution < 1.29 is 9.53 Å². The molecule has 1 atom stereocenters. The second kappa shape index (κ2) is 10.5. The molecule has 0 radical (unpaired) electrons. The predicted octanol–water partition coefficient (Wildman–Crippen LogP) is 3.80. The normalized spacial score (nSPS) is 18.3. The summed E-state index contributed by atoms with van der Waals surface area (Å²) in [6.45, 7) is 10.6. The van der Waals surface area contributed by atoms with E-state index in [0.717, 1.165) is 72.7 Å². The molecular formula is C26H36N6O2. The van der Waals surface area contributed by atoms with Crippen molar-refractivity contribution in [1.82, 2.24) is 20.1 Å². The van der Waals surface area contributed by atoms with Gasteiger partial charge in [0.2, 0.25) is 5.91 Å². The highest BCUT2D eigenvalue weighted by Crippen LogP contribution is 2.47. The van der Waals surface area contributed by atoms with Crippen LogP contribution < -0.4 is 10.6 Å². The number of amides is 1. The summed E-state index contributed by atoms with van der Waals surface area (Å²) >= 11 is 0. The van der Waals surface area contributed by atoms with Crippen LogP contribution in [-0.2, 0) is 9.53 Å². The highest BCUT2D eigenvalue weighted by Gasteiger charge is 2.34. The van der Waals surface area contributed by atoms with Crippen LogP contribution >= 0.6 is 0 Å². The zero-order valence-electron chi connectivity index (χ0n) is 20.6. The third kappa shape index (κ3) is 4.92. The molecule has 2 aromatic rings. The van der Waals surface area contributed by atoms with Crippen molar-refractivity contribution in [2.45, 2.75) is 57.9 Å². The third-order valence-corrected chi connectivity index (χ3v) is 6.88. The molecule has 0 bridgehead atoms. The number of aromatic nitrogens is 3. The largest absolute Gasteiger partial charge is 0.396 e. The molecule has 2 aliphatic rings. The van der Waals surface area contributed by atoms with E-state index in [1.165, 1.54) is 0 Å². The van der Waals surface area contributed by atoms with Crippen LogP contribution in [0.5, 0.6) is 0 Å². The van der Waals surface area contributed by atoms with E-state index < -0.39 is 0 Å². The molecule has 1 aliphatic heterocycles. The maximum Gasteiger partial charge on any atom is 0.225 e. The summed E-state index contributed by atoms with van der Waals surface area (Å²) in [5, 5.41) is 8.28. The molecule has 2 aromatic heterocycles. The number of carbonyl (C=O) groups excluding carboxylic acids is 1. The highest BCUT2D eigenvalue weighted by atomic mass is 16.5. The molecule has 1 aliphatic carbocycles. The van der Waals surface area contributed by atoms with Crippen molar-refractivity contribution in [3.63, 3.8) is 0 Å². The zero-order valence-corrected chi connectivity index (χ0v) is 20.6. The van der Waals surface area contributed by atoms with Gasteiger partial charge in [-0.25, -0.2) is 4.98 Å². The van der Waals surface area contributed by atoms with Crippen molar-refractivity contribution >= 4 is 23.5 Å². The summed E-state index contributed by atoms with van der Waals surface area (Å²) in [5.41, 5.74) is 12.3. The first kappa shape index (κ1) is 24.1. The van der Waals surface area contributed by atoms with Crippen molar-refractivity contribution in [1.29, 1.82) is 0 Å². The molecule has 34 heavy (non-hydrogen) atoms. The van der Waals surface area contributed by atoms with Gasteiger partial charge in [0.15, 0.2) is 5.82 Å². The van der Waals surface area contributed by atoms with Crippen LogP contribution in [0.25, 0.3) is 17.2 Å². The van der Waals surface area contributed by atoms with Crippen LogP contribution in [0.4, 0.5) is 11.5 Å². The lowest BCUT2D eigenvalue weighted by Crippen LogP contribution is -2.55. The fourth-order valence-electron chi connectivity index (χ4n) is 4.89. The van der Waals surface area contributed by atoms with Crippen molar-refractivity contribution in [3.05, 3.63) is 35.8 Å². The molecule has 0 spiro atoms. The molecule has 2 N–H and O–H groups in total. The molecule has 182 valence electrons. The lowest BCUT2D eigenvalue weighted by Gasteiger charge is -2.42. The lowest BCUT2D eigenvalue weighted by molar-refractivity contribution is -0.135. The van der Waals surface area contributed by atoms with Crippen molar-refractivity contribution in [2.24, 2.45) is 0 Å². The first-order valence-corrected chi connectivity index (χ1v) is 12.3. The van der Waals surface area contributed by atoms with E-state index in [4.69, 9.17) is 15.5 Å². The van der Waals surface area contributed by atoms with Gasteiger partial charge in [0, 0.05) is 49.8 Å². The average molecular weight is 465 g/mol. The van der Waals surface area contributed by atoms with Crippen LogP contribution in [0.1, 0.15) is 61.9 Å². The number of hydrogen-bond donors (Lipinski definition) is 1. The van der Waals surface area contributed by atoms with Gasteiger partial charge in [0.25, 0.3) is 0 Å². The second-order valence-corrected chi connectivity index (χ2v) is 9.30. The number of hydrogen-bond acceptors (Lipinski definition) is 7. The van der Waals surface area contributed by atoms with Crippen LogP contribution in [0.15, 0.2) is 18.8 Å². The van der Waals surface area contributed by atoms with Gasteiger partial charge < -0.3 is 20.3 Å². The Morgan fingerprint density at radius 1 is 1.35 bits per heavy atom. The third-order valence-electron chi connectivity index (χ3n) is 6.88. The van der Waals surface area contributed by atoms with Gasteiger partial charge in [-0.1, -0.05) is 19.9 Å². The molecule has 1 saturated carbocycles. The molecule has 0 aromatic carbocycles. The molecule has 8 nitrogen and oxygen atoms in total. The van der Waals surface area contributed by atoms with Crippen LogP contribution in [0.2, 0.25) is 0 Å². The number of nitrogens with zero attached hydrogens (tertiary/aromatic N) is 5. The molecule has 4 rings (SSSR count). The van der Waals surface area contributed by atoms with Crippen molar-refractivity contribution in [3.8, 4) is 11.1 Å². The Kier molecular flexibility index (Phi) is 7.46. The van der Waals surface area contributed by atoms with Gasteiger partial charge >= 0.3 is 0 Å². The molecule has 8 heteroatoms. The minimum atomic E-state index is 0.146. The first-order chi connectivity index (χ1) is 16.5. The maximum atomic E-state index is 12.8. The SMILES string of the molecule is C=Cc1cc(-c2c(C3CC3)nc(N3CCN(C(=O)CCOC)[C@H](CCC)C3)c(N)c2C)cnn1. The Hall–Kier alpha value is -3.00. The van der Waals surface area contributed by atoms with E-state index >= 15 is 0 Å². The molecule has 0 unspecified atom stereocenters. The maximum absolute atomic E-state index is 12.8. The highest BCUT2D eigenvalue weighted by molar-refractivity contribution is 5.82. The minimum absolute atomic E-state index is 0.146. The smallest absolute Gasteiger partial charge is 0.225 e. The number of anilines is 2. The Bertz CT molecular complexity index is 1050. The van der Waals surface area contributed by atoms with Gasteiger partial charge in [0.1, 0.15) is 0 Å². The number of nitrogens with two attached hydrogens (primary N) is 1. The number of pyridine rings is 1. The van der Waals surface area contributed by atoms with E-state index in [9.17, 15) is 4.79 Å². The minimum Gasteiger partial charge on any atom is -0.396 e. The fraction of sp³-hybridized carbons (Fsp3) is 0.538. The summed E-state index contributed by atoms with van der Waals surface area (Å²) in [4.78, 5) is 22.3. The predicted molar refractivity (Wildman–Crippen MR) is 136 cm³/mol. The first-order valence-electron chi connectivity index (χ1n) is 12.3. The number of nitrogen functional groups attached to an aromatic ring is 1. The summed E-state index contributed by atoms with van der Waals surface area (Å²) in [6, 6.07) is 2.14. The molecular weight excluding hydrogens is 428 g/mol. The van der Waals surface area contributed by atoms with Gasteiger partial charge in [0.05, 0.1) is 36.3 Å². The van der Waals surface area contributed by atoms with Gasteiger partial charge in [-0.3, -0.25) is 4.79 Å². The number of methoxy groups -OCH3 is 1. The quantitative estimate of drug-likeness (QED) is 0.603. The lowest BCUT2D eigenvalue weighted by atomic mass is 9.96. The van der Waals surface area contributed by atoms with E-state index in [1.807, 2.05) is 11.0 Å². The molecule has 1 amide bonds. The Labute approximate surface area is 202 Å². The Balaban J connectivity index is 1.67. The molecule has 1 saturated heterocycles. The number of rotatable bonds is 9. The summed E-state index contributed by atoms with van der Waals surface area (Å²) < 4.78 is 5.12. The van der Waals surface area contributed by atoms with Crippen LogP contribution in [0.3, 0.4) is 0 Å². The van der Waals surface area contributed by atoms with Gasteiger partial charge in [-0.15, -0.1) is 0 Å². The van der Waals surface area contributed by atoms with Gasteiger partial charge in [-0.05, 0) is 43.9 Å². The monoisotopic (exact) mass is 464 g/mol. The number of carbonyl (C=O) groups is 1. The number of ether oxygens (including phenoxy) is 1. The Morgan fingerprint density at radius 3 is 2.82 bits per heavy atom. The van der Waals surface area contributed by atoms with E-state index in [1.54, 1.807) is 19.4 Å². The zero-order chi connectivity index (χ0) is 24.2. The number of piperazine rings is 1. The average Bonchev–Trinajstić information content (AvgIpc) is 3.69. The van der Waals surface area contributed by atoms with E-state index in [0.29, 0.717) is 31.2 Å². The second-order valence-electron chi connectivity index (χ2n) is 9.30. The molecule has 3 heterocycles. The summed E-state index contributed by atoms with van der Waals surface area (Å²) in [6.07, 6.45) is 8.14. The fourth-order valence-corrected chi connectivity index (χ4v) is 4.89. The van der Waals surface area contributed by atoms with E-state index in [-0.39, 0.29) is 11.9 Å². The van der Waals surface area contributed by atoms with Crippen LogP contribution in [-0.4, -0.2) is 65.4 Å². The van der Waals surface area contributed by atoms with Crippen molar-refractivity contribution in [2.75, 3.05) is 44.0 Å². The molecule has 2 fully saturated rings. The standard InChI is InChI=1S/C26H36N6O2/c1-5-7-21-16-31(11-12-32(21)22(33)10-13-34-4)26-24(27)17(3)23(25(29-26)18-8-9-18)19-14-20(6-2)30-28-15-19/h6,14-15,18,21H,2,5,7-13,16,27H2,1,3-4H3/t21-/m1/s1. The Morgan fingerprint density at radius 2 is 2.15 bits per heavy atom. The summed E-state index contributed by atoms with van der Waals surface area (Å²) in [7, 11) is 1.63. The van der Waals surface area contributed by atoms with Gasteiger partial charge in [-0.2, -0.15) is 10.2 Å². The van der Waals surface area contributed by atoms with E-state index in [2.05, 4.69) is 35.5 Å². The summed E-state index contributed by atoms with van der Waals surface area (Å²) in [5.74, 6) is 1.45. The topological polar surface area (TPSA) is 97.5 Å².